The van der Waals surface area contributed by atoms with Crippen LogP contribution < -0.4 is 0 Å². The maximum absolute atomic E-state index is 2.52. The van der Waals surface area contributed by atoms with Gasteiger partial charge in [-0.3, -0.25) is 0 Å². The fourth-order valence-corrected chi connectivity index (χ4v) is 4.00. The fourth-order valence-electron chi connectivity index (χ4n) is 4.00. The average Bonchev–Trinajstić information content (AvgIpc) is 2.56. The maximum Gasteiger partial charge on any atom is -0.0269 e. The van der Waals surface area contributed by atoms with Crippen LogP contribution in [0.3, 0.4) is 0 Å². The lowest BCUT2D eigenvalue weighted by molar-refractivity contribution is 0.150. The van der Waals surface area contributed by atoms with Crippen LogP contribution in [0.15, 0.2) is 0 Å². The molecule has 0 spiro atoms. The molecule has 1 unspecified atom stereocenters. The highest BCUT2D eigenvalue weighted by Gasteiger charge is 2.43. The Morgan fingerprint density at radius 1 is 1.25 bits per heavy atom. The van der Waals surface area contributed by atoms with E-state index >= 15 is 0 Å². The zero-order chi connectivity index (χ0) is 12.2. The van der Waals surface area contributed by atoms with E-state index in [0.717, 1.165) is 17.8 Å². The third kappa shape index (κ3) is 3.02. The van der Waals surface area contributed by atoms with E-state index in [0.29, 0.717) is 5.41 Å². The summed E-state index contributed by atoms with van der Waals surface area (Å²) in [6, 6.07) is 0. The van der Waals surface area contributed by atoms with Gasteiger partial charge in [-0.1, -0.05) is 60.3 Å². The molecule has 1 aliphatic carbocycles. The van der Waals surface area contributed by atoms with E-state index < -0.39 is 0 Å². The van der Waals surface area contributed by atoms with Crippen molar-refractivity contribution in [3.8, 4) is 0 Å². The minimum Gasteiger partial charge on any atom is -0.0654 e. The molecule has 1 rings (SSSR count). The third-order valence-corrected chi connectivity index (χ3v) is 5.28. The molecule has 1 aliphatic rings. The Morgan fingerprint density at radius 3 is 2.44 bits per heavy atom. The molecule has 0 radical (unpaired) electrons. The zero-order valence-electron chi connectivity index (χ0n) is 12.2. The molecule has 0 saturated heterocycles. The summed E-state index contributed by atoms with van der Waals surface area (Å²) in [6.07, 6.45) is 10.1. The van der Waals surface area contributed by atoms with Crippen molar-refractivity contribution < 1.29 is 0 Å². The highest BCUT2D eigenvalue weighted by Crippen LogP contribution is 2.53. The van der Waals surface area contributed by atoms with E-state index in [1.807, 2.05) is 0 Å². The Bertz CT molecular complexity index is 196. The van der Waals surface area contributed by atoms with Crippen LogP contribution in [0, 0.1) is 23.2 Å². The second kappa shape index (κ2) is 6.07. The van der Waals surface area contributed by atoms with Gasteiger partial charge in [-0.2, -0.15) is 0 Å². The second-order valence-electron chi connectivity index (χ2n) is 6.43. The molecule has 0 heteroatoms. The van der Waals surface area contributed by atoms with Gasteiger partial charge in [0.15, 0.2) is 0 Å². The number of hydrogen-bond acceptors (Lipinski definition) is 0. The molecule has 16 heavy (non-hydrogen) atoms. The first-order chi connectivity index (χ1) is 7.57. The van der Waals surface area contributed by atoms with Crippen LogP contribution in [0.2, 0.25) is 0 Å². The minimum atomic E-state index is 0.690. The zero-order valence-corrected chi connectivity index (χ0v) is 12.2. The van der Waals surface area contributed by atoms with Crippen molar-refractivity contribution in [3.63, 3.8) is 0 Å². The molecular weight excluding hydrogens is 192 g/mol. The van der Waals surface area contributed by atoms with Crippen LogP contribution in [-0.4, -0.2) is 0 Å². The molecule has 0 aliphatic heterocycles. The lowest BCUT2D eigenvalue weighted by atomic mass is 9.70. The van der Waals surface area contributed by atoms with Crippen molar-refractivity contribution in [1.82, 2.24) is 0 Å². The number of rotatable bonds is 6. The molecule has 0 aromatic rings. The molecule has 0 N–H and O–H groups in total. The van der Waals surface area contributed by atoms with Gasteiger partial charge >= 0.3 is 0 Å². The topological polar surface area (TPSA) is 0 Å². The summed E-state index contributed by atoms with van der Waals surface area (Å²) < 4.78 is 0. The van der Waals surface area contributed by atoms with Crippen LogP contribution in [0.1, 0.15) is 79.6 Å². The maximum atomic E-state index is 2.52. The average molecular weight is 224 g/mol. The van der Waals surface area contributed by atoms with Crippen molar-refractivity contribution in [2.75, 3.05) is 0 Å². The van der Waals surface area contributed by atoms with Gasteiger partial charge < -0.3 is 0 Å². The summed E-state index contributed by atoms with van der Waals surface area (Å²) in [6.45, 7) is 12.1. The molecule has 4 atom stereocenters. The lowest BCUT2D eigenvalue weighted by Crippen LogP contribution is -2.25. The molecule has 0 amide bonds. The quantitative estimate of drug-likeness (QED) is 0.545. The van der Waals surface area contributed by atoms with Gasteiger partial charge in [0.25, 0.3) is 0 Å². The fraction of sp³-hybridized carbons (Fsp3) is 1.00. The number of hydrogen-bond donors (Lipinski definition) is 0. The minimum absolute atomic E-state index is 0.690. The summed E-state index contributed by atoms with van der Waals surface area (Å²) in [7, 11) is 0. The third-order valence-electron chi connectivity index (χ3n) is 5.28. The second-order valence-corrected chi connectivity index (χ2v) is 6.43. The normalized spacial score (nSPS) is 36.6. The van der Waals surface area contributed by atoms with Crippen molar-refractivity contribution in [2.45, 2.75) is 79.6 Å². The SMILES string of the molecule is CCC[C@@H]1C[C@H](C)C(CC)(C[C@H](C)CC)C1. The highest BCUT2D eigenvalue weighted by molar-refractivity contribution is 4.93. The first kappa shape index (κ1) is 14.1. The lowest BCUT2D eigenvalue weighted by Gasteiger charge is -2.35. The van der Waals surface area contributed by atoms with Crippen LogP contribution in [0.25, 0.3) is 0 Å². The largest absolute Gasteiger partial charge is 0.0654 e. The van der Waals surface area contributed by atoms with E-state index in [4.69, 9.17) is 0 Å². The Balaban J connectivity index is 2.64. The molecular formula is C16H32. The summed E-state index contributed by atoms with van der Waals surface area (Å²) in [5, 5.41) is 0. The van der Waals surface area contributed by atoms with E-state index in [9.17, 15) is 0 Å². The van der Waals surface area contributed by atoms with Crippen LogP contribution in [0.5, 0.6) is 0 Å². The van der Waals surface area contributed by atoms with Crippen LogP contribution >= 0.6 is 0 Å². The monoisotopic (exact) mass is 224 g/mol. The van der Waals surface area contributed by atoms with Gasteiger partial charge in [-0.15, -0.1) is 0 Å². The van der Waals surface area contributed by atoms with Crippen molar-refractivity contribution >= 4 is 0 Å². The Labute approximate surface area is 103 Å². The molecule has 0 aromatic carbocycles. The standard InChI is InChI=1S/C16H32/c1-6-9-15-10-14(5)16(8-3,12-15)11-13(4)7-2/h13-15H,6-12H2,1-5H3/t13-,14+,15-,16?/m1/s1. The van der Waals surface area contributed by atoms with Gasteiger partial charge in [0, 0.05) is 0 Å². The summed E-state index contributed by atoms with van der Waals surface area (Å²) in [4.78, 5) is 0. The Morgan fingerprint density at radius 2 is 1.94 bits per heavy atom. The van der Waals surface area contributed by atoms with Crippen molar-refractivity contribution in [1.29, 1.82) is 0 Å². The molecule has 0 bridgehead atoms. The predicted octanol–water partition coefficient (Wildman–Crippen LogP) is 5.67. The van der Waals surface area contributed by atoms with E-state index in [1.54, 1.807) is 0 Å². The molecule has 0 nitrogen and oxygen atoms in total. The smallest absolute Gasteiger partial charge is 0.0269 e. The van der Waals surface area contributed by atoms with Gasteiger partial charge in [0.05, 0.1) is 0 Å². The summed E-state index contributed by atoms with van der Waals surface area (Å²) in [5.41, 5.74) is 0.690. The van der Waals surface area contributed by atoms with E-state index in [-0.39, 0.29) is 0 Å². The van der Waals surface area contributed by atoms with Crippen LogP contribution in [-0.2, 0) is 0 Å². The molecule has 0 heterocycles. The van der Waals surface area contributed by atoms with Gasteiger partial charge in [-0.05, 0) is 42.4 Å². The molecule has 0 aromatic heterocycles. The van der Waals surface area contributed by atoms with E-state index in [1.165, 1.54) is 44.9 Å². The first-order valence-electron chi connectivity index (χ1n) is 7.57. The van der Waals surface area contributed by atoms with Crippen LogP contribution in [0.4, 0.5) is 0 Å². The predicted molar refractivity (Wildman–Crippen MR) is 73.6 cm³/mol. The molecule has 96 valence electrons. The van der Waals surface area contributed by atoms with Gasteiger partial charge in [0.2, 0.25) is 0 Å². The Hall–Kier alpha value is 0. The summed E-state index contributed by atoms with van der Waals surface area (Å²) in [5.74, 6) is 2.91. The Kier molecular flexibility index (Phi) is 5.34. The van der Waals surface area contributed by atoms with E-state index in [2.05, 4.69) is 34.6 Å². The van der Waals surface area contributed by atoms with Crippen molar-refractivity contribution in [2.24, 2.45) is 23.2 Å². The van der Waals surface area contributed by atoms with Gasteiger partial charge in [0.1, 0.15) is 0 Å². The summed E-state index contributed by atoms with van der Waals surface area (Å²) >= 11 is 0. The van der Waals surface area contributed by atoms with Crippen molar-refractivity contribution in [3.05, 3.63) is 0 Å². The van der Waals surface area contributed by atoms with Gasteiger partial charge in [-0.25, -0.2) is 0 Å². The highest BCUT2D eigenvalue weighted by atomic mass is 14.5. The first-order valence-corrected chi connectivity index (χ1v) is 7.57. The molecule has 1 fully saturated rings. The molecule has 1 saturated carbocycles.